The molecule has 0 unspecified atom stereocenters. The van der Waals surface area contributed by atoms with E-state index >= 15 is 0 Å². The van der Waals surface area contributed by atoms with E-state index in [0.29, 0.717) is 0 Å². The van der Waals surface area contributed by atoms with Gasteiger partial charge in [-0.05, 0) is 63.3 Å². The lowest BCUT2D eigenvalue weighted by atomic mass is 10.2. The lowest BCUT2D eigenvalue weighted by molar-refractivity contribution is 0.401. The molecule has 1 heterocycles. The Labute approximate surface area is 118 Å². The van der Waals surface area contributed by atoms with Gasteiger partial charge >= 0.3 is 0 Å². The quantitative estimate of drug-likeness (QED) is 0.775. The Morgan fingerprint density at radius 3 is 2.44 bits per heavy atom. The van der Waals surface area contributed by atoms with E-state index in [1.165, 1.54) is 21.7 Å². The number of hydrogen-bond acceptors (Lipinski definition) is 2. The molecule has 0 atom stereocenters. The molecule has 0 amide bonds. The third kappa shape index (κ3) is 3.84. The monoisotopic (exact) mass is 279 g/mol. The number of aryl methyl sites for hydroxylation is 1. The third-order valence-corrected chi connectivity index (χ3v) is 4.26. The van der Waals surface area contributed by atoms with Gasteiger partial charge in [-0.3, -0.25) is 0 Å². The molecule has 0 aliphatic carbocycles. The van der Waals surface area contributed by atoms with Crippen molar-refractivity contribution in [2.75, 3.05) is 20.6 Å². The summed E-state index contributed by atoms with van der Waals surface area (Å²) in [4.78, 5) is 5.02. The average Bonchev–Trinajstić information content (AvgIpc) is 2.78. The summed E-state index contributed by atoms with van der Waals surface area (Å²) in [5.41, 5.74) is 1.25. The van der Waals surface area contributed by atoms with Crippen molar-refractivity contribution in [1.82, 2.24) is 4.90 Å². The zero-order chi connectivity index (χ0) is 13.0. The highest BCUT2D eigenvalue weighted by Gasteiger charge is 2.03. The fourth-order valence-corrected chi connectivity index (χ4v) is 3.03. The number of rotatable bonds is 5. The number of benzene rings is 1. The predicted octanol–water partition coefficient (Wildman–Crippen LogP) is 4.56. The Balaban J connectivity index is 1.99. The third-order valence-electron chi connectivity index (χ3n) is 2.82. The van der Waals surface area contributed by atoms with Gasteiger partial charge in [-0.25, -0.2) is 0 Å². The summed E-state index contributed by atoms with van der Waals surface area (Å²) in [6.45, 7) is 1.15. The molecule has 2 rings (SSSR count). The Morgan fingerprint density at radius 2 is 1.78 bits per heavy atom. The molecule has 1 aromatic heterocycles. The van der Waals surface area contributed by atoms with Crippen LogP contribution in [0.2, 0.25) is 5.02 Å². The van der Waals surface area contributed by atoms with E-state index in [4.69, 9.17) is 11.6 Å². The van der Waals surface area contributed by atoms with Crippen LogP contribution in [-0.2, 0) is 6.42 Å². The summed E-state index contributed by atoms with van der Waals surface area (Å²) in [6, 6.07) is 12.5. The van der Waals surface area contributed by atoms with E-state index < -0.39 is 0 Å². The van der Waals surface area contributed by atoms with Crippen molar-refractivity contribution in [3.63, 3.8) is 0 Å². The first kappa shape index (κ1) is 13.6. The molecule has 0 N–H and O–H groups in total. The minimum Gasteiger partial charge on any atom is -0.309 e. The van der Waals surface area contributed by atoms with E-state index in [1.54, 1.807) is 0 Å². The fourth-order valence-electron chi connectivity index (χ4n) is 1.85. The maximum Gasteiger partial charge on any atom is 0.0406 e. The Bertz CT molecular complexity index is 487. The number of nitrogens with zero attached hydrogens (tertiary/aromatic N) is 1. The number of halogens is 1. The van der Waals surface area contributed by atoms with Crippen LogP contribution in [0.5, 0.6) is 0 Å². The molecule has 1 aromatic carbocycles. The lowest BCUT2D eigenvalue weighted by Crippen LogP contribution is -2.13. The van der Waals surface area contributed by atoms with Crippen molar-refractivity contribution in [1.29, 1.82) is 0 Å². The smallest absolute Gasteiger partial charge is 0.0406 e. The Hall–Kier alpha value is -0.830. The van der Waals surface area contributed by atoms with Crippen LogP contribution < -0.4 is 0 Å². The zero-order valence-corrected chi connectivity index (χ0v) is 12.4. The molecule has 0 radical (unpaired) electrons. The average molecular weight is 280 g/mol. The van der Waals surface area contributed by atoms with Crippen molar-refractivity contribution >= 4 is 22.9 Å². The molecule has 3 heteroatoms. The highest BCUT2D eigenvalue weighted by Crippen LogP contribution is 2.29. The van der Waals surface area contributed by atoms with Gasteiger partial charge in [-0.1, -0.05) is 23.7 Å². The van der Waals surface area contributed by atoms with Crippen LogP contribution in [0.4, 0.5) is 0 Å². The summed E-state index contributed by atoms with van der Waals surface area (Å²) in [5, 5.41) is 0.793. The molecule has 0 spiro atoms. The van der Waals surface area contributed by atoms with Gasteiger partial charge in [0.15, 0.2) is 0 Å². The van der Waals surface area contributed by atoms with Crippen molar-refractivity contribution in [2.24, 2.45) is 0 Å². The highest BCUT2D eigenvalue weighted by atomic mass is 35.5. The molecule has 0 saturated heterocycles. The Morgan fingerprint density at radius 1 is 1.06 bits per heavy atom. The summed E-state index contributed by atoms with van der Waals surface area (Å²) in [5.74, 6) is 0. The van der Waals surface area contributed by atoms with Crippen molar-refractivity contribution in [3.05, 3.63) is 46.3 Å². The molecule has 0 aliphatic rings. The van der Waals surface area contributed by atoms with Crippen LogP contribution in [0.15, 0.2) is 36.4 Å². The summed E-state index contributed by atoms with van der Waals surface area (Å²) in [6.07, 6.45) is 2.38. The molecular weight excluding hydrogens is 262 g/mol. The summed E-state index contributed by atoms with van der Waals surface area (Å²) < 4.78 is 0. The Kier molecular flexibility index (Phi) is 4.81. The van der Waals surface area contributed by atoms with Crippen LogP contribution >= 0.6 is 22.9 Å². The molecule has 1 nitrogen and oxygen atoms in total. The van der Waals surface area contributed by atoms with Crippen LogP contribution in [0.1, 0.15) is 11.3 Å². The van der Waals surface area contributed by atoms with Crippen LogP contribution in [0.3, 0.4) is 0 Å². The van der Waals surface area contributed by atoms with E-state index in [0.717, 1.165) is 18.0 Å². The van der Waals surface area contributed by atoms with Gasteiger partial charge in [0.05, 0.1) is 0 Å². The standard InChI is InChI=1S/C15H18ClNS/c1-17(2)11-3-4-14-9-10-15(18-14)12-5-7-13(16)8-6-12/h5-10H,3-4,11H2,1-2H3. The summed E-state index contributed by atoms with van der Waals surface area (Å²) >= 11 is 7.78. The SMILES string of the molecule is CN(C)CCCc1ccc(-c2ccc(Cl)cc2)s1. The second-order valence-electron chi connectivity index (χ2n) is 4.68. The minimum absolute atomic E-state index is 0.793. The molecule has 0 aliphatic heterocycles. The molecule has 0 fully saturated rings. The van der Waals surface area contributed by atoms with Crippen molar-refractivity contribution < 1.29 is 0 Å². The lowest BCUT2D eigenvalue weighted by Gasteiger charge is -2.07. The second-order valence-corrected chi connectivity index (χ2v) is 6.28. The van der Waals surface area contributed by atoms with E-state index in [9.17, 15) is 0 Å². The maximum atomic E-state index is 5.90. The molecule has 0 saturated carbocycles. The van der Waals surface area contributed by atoms with Gasteiger partial charge in [-0.2, -0.15) is 0 Å². The van der Waals surface area contributed by atoms with Gasteiger partial charge in [-0.15, -0.1) is 11.3 Å². The van der Waals surface area contributed by atoms with Crippen molar-refractivity contribution in [2.45, 2.75) is 12.8 Å². The zero-order valence-electron chi connectivity index (χ0n) is 10.8. The second kappa shape index (κ2) is 6.37. The predicted molar refractivity (Wildman–Crippen MR) is 81.6 cm³/mol. The van der Waals surface area contributed by atoms with Crippen LogP contribution in [0.25, 0.3) is 10.4 Å². The topological polar surface area (TPSA) is 3.24 Å². The first-order valence-corrected chi connectivity index (χ1v) is 7.34. The first-order valence-electron chi connectivity index (χ1n) is 6.14. The van der Waals surface area contributed by atoms with Gasteiger partial charge in [0, 0.05) is 14.8 Å². The molecular formula is C15H18ClNS. The molecule has 2 aromatic rings. The van der Waals surface area contributed by atoms with Gasteiger partial charge < -0.3 is 4.90 Å². The van der Waals surface area contributed by atoms with Gasteiger partial charge in [0.1, 0.15) is 0 Å². The summed E-state index contributed by atoms with van der Waals surface area (Å²) in [7, 11) is 4.24. The first-order chi connectivity index (χ1) is 8.65. The molecule has 0 bridgehead atoms. The van der Waals surface area contributed by atoms with Gasteiger partial charge in [0.25, 0.3) is 0 Å². The van der Waals surface area contributed by atoms with Gasteiger partial charge in [0.2, 0.25) is 0 Å². The minimum atomic E-state index is 0.793. The van der Waals surface area contributed by atoms with E-state index in [2.05, 4.69) is 43.3 Å². The van der Waals surface area contributed by atoms with E-state index in [-0.39, 0.29) is 0 Å². The molecule has 96 valence electrons. The number of hydrogen-bond donors (Lipinski definition) is 0. The number of thiophene rings is 1. The van der Waals surface area contributed by atoms with E-state index in [1.807, 2.05) is 23.5 Å². The fraction of sp³-hybridized carbons (Fsp3) is 0.333. The highest BCUT2D eigenvalue weighted by molar-refractivity contribution is 7.15. The maximum absolute atomic E-state index is 5.90. The normalized spacial score (nSPS) is 11.1. The van der Waals surface area contributed by atoms with Crippen LogP contribution in [0, 0.1) is 0 Å². The van der Waals surface area contributed by atoms with Crippen LogP contribution in [-0.4, -0.2) is 25.5 Å². The van der Waals surface area contributed by atoms with Crippen molar-refractivity contribution in [3.8, 4) is 10.4 Å². The molecule has 18 heavy (non-hydrogen) atoms. The largest absolute Gasteiger partial charge is 0.309 e.